The fourth-order valence-electron chi connectivity index (χ4n) is 2.40. The lowest BCUT2D eigenvalue weighted by atomic mass is 10.1. The largest absolute Gasteiger partial charge is 0.461 e. The average Bonchev–Trinajstić information content (AvgIpc) is 2.65. The van der Waals surface area contributed by atoms with Crippen molar-refractivity contribution in [3.8, 4) is 0 Å². The van der Waals surface area contributed by atoms with Crippen molar-refractivity contribution in [2.75, 3.05) is 13.2 Å². The van der Waals surface area contributed by atoms with Crippen molar-refractivity contribution in [2.45, 2.75) is 65.7 Å². The van der Waals surface area contributed by atoms with E-state index in [1.165, 1.54) is 12.8 Å². The van der Waals surface area contributed by atoms with Gasteiger partial charge in [-0.1, -0.05) is 65.4 Å². The van der Waals surface area contributed by atoms with Gasteiger partial charge in [0.25, 0.3) is 0 Å². The minimum Gasteiger partial charge on any atom is -0.461 e. The number of rotatable bonds is 12. The summed E-state index contributed by atoms with van der Waals surface area (Å²) in [5, 5.41) is 0. The van der Waals surface area contributed by atoms with E-state index >= 15 is 0 Å². The number of hydrogen-bond donors (Lipinski definition) is 0. The summed E-state index contributed by atoms with van der Waals surface area (Å²) in [6, 6.07) is 4.73. The Balaban J connectivity index is 2.47. The van der Waals surface area contributed by atoms with Crippen molar-refractivity contribution < 1.29 is 19.1 Å². The number of carbonyl (C=O) groups is 2. The third-order valence-corrected chi connectivity index (χ3v) is 4.25. The quantitative estimate of drug-likeness (QED) is 0.400. The maximum atomic E-state index is 12.1. The smallest absolute Gasteiger partial charge is 0.356 e. The monoisotopic (exact) mass is 349 g/mol. The van der Waals surface area contributed by atoms with Gasteiger partial charge in [-0.3, -0.25) is 0 Å². The Kier molecular flexibility index (Phi) is 10.5. The maximum Gasteiger partial charge on any atom is 0.356 e. The molecule has 1 rings (SSSR count). The molecule has 1 heterocycles. The van der Waals surface area contributed by atoms with Crippen LogP contribution >= 0.6 is 0 Å². The fourth-order valence-corrected chi connectivity index (χ4v) is 2.40. The van der Waals surface area contributed by atoms with Crippen LogP contribution in [-0.4, -0.2) is 30.1 Å². The molecule has 0 atom stereocenters. The zero-order valence-electron chi connectivity index (χ0n) is 15.8. The standard InChI is InChI=1S/C20H31NO4/c1-4-7-8-9-10-14-24-19(22)17-12-11-13-18(21-17)20(23)25-15-16(5-2)6-3/h11-13,16H,4-10,14-15H2,1-3H3. The molecule has 5 heteroatoms. The number of pyridine rings is 1. The molecule has 0 spiro atoms. The van der Waals surface area contributed by atoms with Crippen molar-refractivity contribution in [1.82, 2.24) is 4.98 Å². The first-order chi connectivity index (χ1) is 12.1. The summed E-state index contributed by atoms with van der Waals surface area (Å²) in [4.78, 5) is 28.2. The van der Waals surface area contributed by atoms with Crippen LogP contribution in [0.4, 0.5) is 0 Å². The van der Waals surface area contributed by atoms with Gasteiger partial charge in [-0.25, -0.2) is 14.6 Å². The molecule has 140 valence electrons. The van der Waals surface area contributed by atoms with E-state index in [2.05, 4.69) is 25.8 Å². The molecule has 25 heavy (non-hydrogen) atoms. The molecule has 0 amide bonds. The molecule has 5 nitrogen and oxygen atoms in total. The van der Waals surface area contributed by atoms with Crippen LogP contribution in [0.3, 0.4) is 0 Å². The maximum absolute atomic E-state index is 12.1. The minimum absolute atomic E-state index is 0.142. The fraction of sp³-hybridized carbons (Fsp3) is 0.650. The molecule has 0 radical (unpaired) electrons. The van der Waals surface area contributed by atoms with Crippen LogP contribution in [0.2, 0.25) is 0 Å². The summed E-state index contributed by atoms with van der Waals surface area (Å²) < 4.78 is 10.5. The molecule has 0 unspecified atom stereocenters. The highest BCUT2D eigenvalue weighted by molar-refractivity contribution is 5.91. The molecule has 0 saturated carbocycles. The van der Waals surface area contributed by atoms with E-state index in [4.69, 9.17) is 9.47 Å². The van der Waals surface area contributed by atoms with Gasteiger partial charge in [0.15, 0.2) is 0 Å². The first-order valence-corrected chi connectivity index (χ1v) is 9.43. The Labute approximate surface area is 151 Å². The lowest BCUT2D eigenvalue weighted by molar-refractivity contribution is 0.0425. The molecule has 0 saturated heterocycles. The normalized spacial score (nSPS) is 10.7. The van der Waals surface area contributed by atoms with Crippen LogP contribution in [0.1, 0.15) is 86.7 Å². The first-order valence-electron chi connectivity index (χ1n) is 9.43. The zero-order chi connectivity index (χ0) is 18.5. The van der Waals surface area contributed by atoms with E-state index in [1.807, 2.05) is 0 Å². The van der Waals surface area contributed by atoms with Crippen LogP contribution in [0, 0.1) is 5.92 Å². The topological polar surface area (TPSA) is 65.5 Å². The van der Waals surface area contributed by atoms with Gasteiger partial charge in [-0.15, -0.1) is 0 Å². The van der Waals surface area contributed by atoms with E-state index in [9.17, 15) is 9.59 Å². The van der Waals surface area contributed by atoms with Crippen molar-refractivity contribution >= 4 is 11.9 Å². The Morgan fingerprint density at radius 2 is 1.52 bits per heavy atom. The molecule has 0 N–H and O–H groups in total. The number of ether oxygens (including phenoxy) is 2. The van der Waals surface area contributed by atoms with Crippen molar-refractivity contribution in [1.29, 1.82) is 0 Å². The van der Waals surface area contributed by atoms with E-state index in [-0.39, 0.29) is 11.4 Å². The Morgan fingerprint density at radius 1 is 0.920 bits per heavy atom. The molecule has 0 aliphatic heterocycles. The number of hydrogen-bond acceptors (Lipinski definition) is 5. The van der Waals surface area contributed by atoms with Crippen LogP contribution in [0.25, 0.3) is 0 Å². The molecule has 0 aliphatic carbocycles. The molecule has 0 aromatic carbocycles. The average molecular weight is 349 g/mol. The molecule has 0 aliphatic rings. The van der Waals surface area contributed by atoms with E-state index < -0.39 is 11.9 Å². The summed E-state index contributed by atoms with van der Waals surface area (Å²) in [5.74, 6) is -0.643. The van der Waals surface area contributed by atoms with Gasteiger partial charge in [0.1, 0.15) is 11.4 Å². The number of aromatic nitrogens is 1. The van der Waals surface area contributed by atoms with E-state index in [1.54, 1.807) is 18.2 Å². The van der Waals surface area contributed by atoms with Crippen molar-refractivity contribution in [3.63, 3.8) is 0 Å². The second-order valence-electron chi connectivity index (χ2n) is 6.24. The number of unbranched alkanes of at least 4 members (excludes halogenated alkanes) is 4. The van der Waals surface area contributed by atoms with Crippen LogP contribution in [-0.2, 0) is 9.47 Å². The molecular weight excluding hydrogens is 318 g/mol. The van der Waals surface area contributed by atoms with Crippen molar-refractivity contribution in [3.05, 3.63) is 29.6 Å². The first kappa shape index (κ1) is 21.1. The van der Waals surface area contributed by atoms with Gasteiger partial charge in [0.05, 0.1) is 13.2 Å². The highest BCUT2D eigenvalue weighted by atomic mass is 16.5. The van der Waals surface area contributed by atoms with Gasteiger partial charge in [0, 0.05) is 0 Å². The van der Waals surface area contributed by atoms with Crippen LogP contribution in [0.15, 0.2) is 18.2 Å². The highest BCUT2D eigenvalue weighted by Gasteiger charge is 2.15. The second kappa shape index (κ2) is 12.5. The second-order valence-corrected chi connectivity index (χ2v) is 6.24. The molecule has 1 aromatic heterocycles. The zero-order valence-corrected chi connectivity index (χ0v) is 15.8. The third kappa shape index (κ3) is 8.14. The molecule has 0 fully saturated rings. The summed E-state index contributed by atoms with van der Waals surface area (Å²) in [6.45, 7) is 7.06. The number of esters is 2. The van der Waals surface area contributed by atoms with E-state index in [0.717, 1.165) is 32.1 Å². The number of carbonyl (C=O) groups excluding carboxylic acids is 2. The Bertz CT molecular complexity index is 526. The summed E-state index contributed by atoms with van der Waals surface area (Å²) >= 11 is 0. The van der Waals surface area contributed by atoms with Crippen LogP contribution < -0.4 is 0 Å². The van der Waals surface area contributed by atoms with Gasteiger partial charge >= 0.3 is 11.9 Å². The van der Waals surface area contributed by atoms with Crippen LogP contribution in [0.5, 0.6) is 0 Å². The molecule has 0 bridgehead atoms. The predicted molar refractivity (Wildman–Crippen MR) is 97.6 cm³/mol. The van der Waals surface area contributed by atoms with Crippen molar-refractivity contribution in [2.24, 2.45) is 5.92 Å². The number of nitrogens with zero attached hydrogens (tertiary/aromatic N) is 1. The lowest BCUT2D eigenvalue weighted by Gasteiger charge is -2.12. The van der Waals surface area contributed by atoms with Gasteiger partial charge in [0.2, 0.25) is 0 Å². The summed E-state index contributed by atoms with van der Waals surface area (Å²) in [6.07, 6.45) is 7.37. The summed E-state index contributed by atoms with van der Waals surface area (Å²) in [7, 11) is 0. The summed E-state index contributed by atoms with van der Waals surface area (Å²) in [5.41, 5.74) is 0.286. The third-order valence-electron chi connectivity index (χ3n) is 4.25. The SMILES string of the molecule is CCCCCCCOC(=O)c1cccc(C(=O)OCC(CC)CC)n1. The molecule has 1 aromatic rings. The lowest BCUT2D eigenvalue weighted by Crippen LogP contribution is -2.16. The minimum atomic E-state index is -0.499. The Morgan fingerprint density at radius 3 is 2.12 bits per heavy atom. The molecular formula is C20H31NO4. The Hall–Kier alpha value is -1.91. The van der Waals surface area contributed by atoms with E-state index in [0.29, 0.717) is 19.1 Å². The van der Waals surface area contributed by atoms with Gasteiger partial charge in [-0.2, -0.15) is 0 Å². The van der Waals surface area contributed by atoms with Gasteiger partial charge in [-0.05, 0) is 24.5 Å². The van der Waals surface area contributed by atoms with Gasteiger partial charge < -0.3 is 9.47 Å². The highest BCUT2D eigenvalue weighted by Crippen LogP contribution is 2.10. The predicted octanol–water partition coefficient (Wildman–Crippen LogP) is 4.80.